The van der Waals surface area contributed by atoms with Gasteiger partial charge in [-0.3, -0.25) is 14.6 Å². The molecular weight excluding hydrogens is 434 g/mol. The normalized spacial score (nSPS) is 11.9. The third kappa shape index (κ3) is 4.04. The van der Waals surface area contributed by atoms with Gasteiger partial charge in [0.1, 0.15) is 17.0 Å². The van der Waals surface area contributed by atoms with Crippen LogP contribution in [0.15, 0.2) is 77.7 Å². The number of para-hydroxylation sites is 2. The fraction of sp³-hybridized carbons (Fsp3) is 0.125. The molecule has 0 aliphatic heterocycles. The number of nitrogens with one attached hydrogen (secondary N) is 2. The van der Waals surface area contributed by atoms with Gasteiger partial charge in [0, 0.05) is 6.07 Å². The number of aromatic amines is 1. The van der Waals surface area contributed by atoms with Gasteiger partial charge in [-0.2, -0.15) is 19.9 Å². The minimum Gasteiger partial charge on any atom is -0.481 e. The number of fused-ring (bicyclic) bond motifs is 1. The summed E-state index contributed by atoms with van der Waals surface area (Å²) in [6, 6.07) is 20.1. The van der Waals surface area contributed by atoms with Gasteiger partial charge < -0.3 is 10.1 Å². The molecule has 0 saturated heterocycles. The van der Waals surface area contributed by atoms with E-state index in [9.17, 15) is 9.59 Å². The first-order valence-corrected chi connectivity index (χ1v) is 10.6. The molecule has 0 bridgehead atoms. The summed E-state index contributed by atoms with van der Waals surface area (Å²) in [5, 5.41) is 11.9. The summed E-state index contributed by atoms with van der Waals surface area (Å²) < 4.78 is 8.67. The van der Waals surface area contributed by atoms with Crippen LogP contribution in [0.5, 0.6) is 5.75 Å². The van der Waals surface area contributed by atoms with Gasteiger partial charge in [0.05, 0.1) is 17.6 Å². The third-order valence-corrected chi connectivity index (χ3v) is 5.14. The van der Waals surface area contributed by atoms with Gasteiger partial charge in [0.15, 0.2) is 11.8 Å². The van der Waals surface area contributed by atoms with Crippen molar-refractivity contribution in [3.63, 3.8) is 0 Å². The van der Waals surface area contributed by atoms with Crippen LogP contribution in [0.4, 0.5) is 5.82 Å². The predicted octanol–water partition coefficient (Wildman–Crippen LogP) is 3.01. The van der Waals surface area contributed by atoms with E-state index in [4.69, 9.17) is 4.74 Å². The molecule has 34 heavy (non-hydrogen) atoms. The Bertz CT molecular complexity index is 1520. The molecule has 5 aromatic rings. The first kappa shape index (κ1) is 21.1. The summed E-state index contributed by atoms with van der Waals surface area (Å²) in [6.07, 6.45) is 0.706. The molecule has 0 spiro atoms. The number of benzene rings is 2. The molecule has 0 radical (unpaired) electrons. The van der Waals surface area contributed by atoms with Crippen LogP contribution in [-0.4, -0.2) is 41.5 Å². The van der Waals surface area contributed by atoms with Gasteiger partial charge >= 0.3 is 0 Å². The predicted molar refractivity (Wildman–Crippen MR) is 127 cm³/mol. The lowest BCUT2D eigenvalue weighted by Gasteiger charge is -2.15. The Morgan fingerprint density at radius 3 is 2.50 bits per heavy atom. The maximum atomic E-state index is 12.8. The Balaban J connectivity index is 1.49. The van der Waals surface area contributed by atoms with E-state index in [0.717, 1.165) is 5.69 Å². The lowest BCUT2D eigenvalue weighted by molar-refractivity contribution is -0.122. The van der Waals surface area contributed by atoms with Gasteiger partial charge in [-0.1, -0.05) is 36.4 Å². The number of anilines is 1. The molecular formula is C24H21N7O3. The van der Waals surface area contributed by atoms with Gasteiger partial charge in [0.2, 0.25) is 5.95 Å². The smallest absolute Gasteiger partial charge is 0.266 e. The van der Waals surface area contributed by atoms with Crippen molar-refractivity contribution >= 4 is 22.8 Å². The van der Waals surface area contributed by atoms with Crippen molar-refractivity contribution in [2.24, 2.45) is 0 Å². The largest absolute Gasteiger partial charge is 0.481 e. The van der Waals surface area contributed by atoms with E-state index in [1.165, 1.54) is 10.9 Å². The average molecular weight is 455 g/mol. The quantitative estimate of drug-likeness (QED) is 0.406. The van der Waals surface area contributed by atoms with Crippen molar-refractivity contribution in [1.82, 2.24) is 29.5 Å². The van der Waals surface area contributed by atoms with E-state index < -0.39 is 6.10 Å². The van der Waals surface area contributed by atoms with E-state index in [2.05, 4.69) is 25.5 Å². The van der Waals surface area contributed by atoms with E-state index in [0.29, 0.717) is 28.3 Å². The fourth-order valence-electron chi connectivity index (χ4n) is 3.50. The van der Waals surface area contributed by atoms with E-state index in [-0.39, 0.29) is 17.4 Å². The third-order valence-electron chi connectivity index (χ3n) is 5.14. The van der Waals surface area contributed by atoms with Crippen LogP contribution in [0.3, 0.4) is 0 Å². The van der Waals surface area contributed by atoms with Gasteiger partial charge in [-0.05, 0) is 38.1 Å². The number of amides is 1. The number of nitrogens with zero attached hydrogens (tertiary/aromatic N) is 5. The number of carbonyl (C=O) groups excluding carboxylic acids is 1. The number of ether oxygens (including phenoxy) is 1. The Morgan fingerprint density at radius 1 is 1.06 bits per heavy atom. The molecule has 0 saturated carbocycles. The van der Waals surface area contributed by atoms with Gasteiger partial charge in [-0.15, -0.1) is 0 Å². The highest BCUT2D eigenvalue weighted by Gasteiger charge is 2.20. The minimum absolute atomic E-state index is 0.148. The zero-order chi connectivity index (χ0) is 23.7. The number of hydrogen-bond donors (Lipinski definition) is 2. The Morgan fingerprint density at radius 2 is 1.76 bits per heavy atom. The molecule has 0 fully saturated rings. The van der Waals surface area contributed by atoms with Gasteiger partial charge in [-0.25, -0.2) is 4.68 Å². The minimum atomic E-state index is -0.764. The average Bonchev–Trinajstić information content (AvgIpc) is 3.43. The highest BCUT2D eigenvalue weighted by Crippen LogP contribution is 2.19. The topological polar surface area (TPSA) is 120 Å². The van der Waals surface area contributed by atoms with Crippen molar-refractivity contribution in [2.75, 3.05) is 5.32 Å². The molecule has 10 heteroatoms. The summed E-state index contributed by atoms with van der Waals surface area (Å²) in [6.45, 7) is 3.43. The highest BCUT2D eigenvalue weighted by atomic mass is 16.5. The SMILES string of the molecule is Cc1cc(NC(=O)[C@@H](C)Oc2ccccc2)n(-c2nc3c(cnn3-c3ccccc3)c(=O)[nH]2)n1. The van der Waals surface area contributed by atoms with Crippen LogP contribution in [-0.2, 0) is 4.79 Å². The zero-order valence-electron chi connectivity index (χ0n) is 18.5. The van der Waals surface area contributed by atoms with Crippen molar-refractivity contribution < 1.29 is 9.53 Å². The molecule has 1 amide bonds. The van der Waals surface area contributed by atoms with Crippen molar-refractivity contribution in [3.8, 4) is 17.4 Å². The Labute approximate surface area is 193 Å². The summed E-state index contributed by atoms with van der Waals surface area (Å²) >= 11 is 0. The second-order valence-corrected chi connectivity index (χ2v) is 7.66. The van der Waals surface area contributed by atoms with E-state index >= 15 is 0 Å². The van der Waals surface area contributed by atoms with Crippen LogP contribution in [0, 0.1) is 6.92 Å². The summed E-state index contributed by atoms with van der Waals surface area (Å²) in [7, 11) is 0. The number of H-pyrrole nitrogens is 1. The number of rotatable bonds is 6. The molecule has 0 aliphatic carbocycles. The molecule has 5 rings (SSSR count). The summed E-state index contributed by atoms with van der Waals surface area (Å²) in [5.41, 5.74) is 1.40. The van der Waals surface area contributed by atoms with Crippen molar-refractivity contribution in [2.45, 2.75) is 20.0 Å². The zero-order valence-corrected chi connectivity index (χ0v) is 18.5. The van der Waals surface area contributed by atoms with Crippen LogP contribution >= 0.6 is 0 Å². The van der Waals surface area contributed by atoms with Gasteiger partial charge in [0.25, 0.3) is 11.5 Å². The second-order valence-electron chi connectivity index (χ2n) is 7.66. The standard InChI is InChI=1S/C24H21N7O3/c1-15-13-20(26-22(32)16(2)34-18-11-7-4-8-12-18)31(29-15)24-27-21-19(23(33)28-24)14-25-30(21)17-9-5-3-6-10-17/h3-14,16H,1-2H3,(H,26,32)(H,27,28,33)/t16-/m1/s1. The fourth-order valence-corrected chi connectivity index (χ4v) is 3.50. The van der Waals surface area contributed by atoms with Crippen LogP contribution < -0.4 is 15.6 Å². The first-order valence-electron chi connectivity index (χ1n) is 10.6. The molecule has 3 heterocycles. The molecule has 170 valence electrons. The monoisotopic (exact) mass is 455 g/mol. The van der Waals surface area contributed by atoms with Crippen LogP contribution in [0.1, 0.15) is 12.6 Å². The number of aryl methyl sites for hydroxylation is 1. The number of hydrogen-bond acceptors (Lipinski definition) is 6. The number of aromatic nitrogens is 6. The summed E-state index contributed by atoms with van der Waals surface area (Å²) in [4.78, 5) is 32.9. The molecule has 0 aliphatic rings. The van der Waals surface area contributed by atoms with E-state index in [1.807, 2.05) is 48.5 Å². The highest BCUT2D eigenvalue weighted by molar-refractivity contribution is 5.93. The molecule has 2 N–H and O–H groups in total. The molecule has 10 nitrogen and oxygen atoms in total. The maximum absolute atomic E-state index is 12.8. The molecule has 0 unspecified atom stereocenters. The second kappa shape index (κ2) is 8.66. The number of carbonyl (C=O) groups is 1. The lowest BCUT2D eigenvalue weighted by Crippen LogP contribution is -2.31. The van der Waals surface area contributed by atoms with Crippen molar-refractivity contribution in [3.05, 3.63) is 89.0 Å². The molecule has 2 aromatic carbocycles. The Kier molecular flexibility index (Phi) is 5.38. The Hall–Kier alpha value is -4.73. The van der Waals surface area contributed by atoms with Crippen LogP contribution in [0.2, 0.25) is 0 Å². The van der Waals surface area contributed by atoms with E-state index in [1.54, 1.807) is 36.7 Å². The summed E-state index contributed by atoms with van der Waals surface area (Å²) in [5.74, 6) is 0.706. The molecule has 1 atom stereocenters. The lowest BCUT2D eigenvalue weighted by atomic mass is 10.3. The first-order chi connectivity index (χ1) is 16.5. The van der Waals surface area contributed by atoms with Crippen LogP contribution in [0.25, 0.3) is 22.7 Å². The van der Waals surface area contributed by atoms with Crippen molar-refractivity contribution in [1.29, 1.82) is 0 Å². The molecule has 3 aromatic heterocycles. The maximum Gasteiger partial charge on any atom is 0.266 e.